The van der Waals surface area contributed by atoms with E-state index in [2.05, 4.69) is 26.0 Å². The van der Waals surface area contributed by atoms with Crippen LogP contribution in [0, 0.1) is 0 Å². The van der Waals surface area contributed by atoms with E-state index in [0.717, 1.165) is 16.8 Å². The van der Waals surface area contributed by atoms with Crippen molar-refractivity contribution < 1.29 is 9.59 Å². The molecule has 3 aromatic rings. The molecule has 3 amide bonds. The lowest BCUT2D eigenvalue weighted by molar-refractivity contribution is -0.115. The van der Waals surface area contributed by atoms with Gasteiger partial charge in [0.1, 0.15) is 0 Å². The summed E-state index contributed by atoms with van der Waals surface area (Å²) in [6.07, 6.45) is 5.62. The SMILES string of the molecule is CCC(=O)Nc1ccc(C(C)NC(=O)NCc2ccnc(-n3cccn3)c2)cc1. The molecule has 0 spiro atoms. The number of pyridine rings is 1. The highest BCUT2D eigenvalue weighted by molar-refractivity contribution is 5.90. The second kappa shape index (κ2) is 9.50. The summed E-state index contributed by atoms with van der Waals surface area (Å²) in [5.41, 5.74) is 2.60. The highest BCUT2D eigenvalue weighted by Crippen LogP contribution is 2.16. The molecule has 1 unspecified atom stereocenters. The zero-order chi connectivity index (χ0) is 20.6. The predicted octanol–water partition coefficient (Wildman–Crippen LogP) is 3.18. The van der Waals surface area contributed by atoms with Crippen molar-refractivity contribution in [3.8, 4) is 5.82 Å². The van der Waals surface area contributed by atoms with E-state index in [1.165, 1.54) is 0 Å². The summed E-state index contributed by atoms with van der Waals surface area (Å²) in [4.78, 5) is 28.0. The van der Waals surface area contributed by atoms with Crippen molar-refractivity contribution in [3.63, 3.8) is 0 Å². The zero-order valence-corrected chi connectivity index (χ0v) is 16.4. The molecule has 0 aliphatic rings. The van der Waals surface area contributed by atoms with E-state index < -0.39 is 0 Å². The molecular weight excluding hydrogens is 368 g/mol. The summed E-state index contributed by atoms with van der Waals surface area (Å²) in [6, 6.07) is 12.5. The van der Waals surface area contributed by atoms with Crippen molar-refractivity contribution in [1.82, 2.24) is 25.4 Å². The molecule has 0 aliphatic carbocycles. The number of anilines is 1. The number of nitrogens with one attached hydrogen (secondary N) is 3. The van der Waals surface area contributed by atoms with Gasteiger partial charge < -0.3 is 16.0 Å². The van der Waals surface area contributed by atoms with Crippen molar-refractivity contribution >= 4 is 17.6 Å². The van der Waals surface area contributed by atoms with Gasteiger partial charge in [-0.2, -0.15) is 5.10 Å². The molecule has 2 heterocycles. The lowest BCUT2D eigenvalue weighted by Crippen LogP contribution is -2.36. The molecular formula is C21H24N6O2. The van der Waals surface area contributed by atoms with Gasteiger partial charge in [-0.05, 0) is 48.4 Å². The second-order valence-electron chi connectivity index (χ2n) is 6.55. The molecule has 0 aliphatic heterocycles. The average molecular weight is 392 g/mol. The summed E-state index contributed by atoms with van der Waals surface area (Å²) in [5, 5.41) is 12.7. The molecule has 1 atom stereocenters. The minimum Gasteiger partial charge on any atom is -0.334 e. The number of benzene rings is 1. The van der Waals surface area contributed by atoms with Crippen LogP contribution in [0.15, 0.2) is 61.1 Å². The molecule has 0 saturated carbocycles. The van der Waals surface area contributed by atoms with Crippen LogP contribution in [0.2, 0.25) is 0 Å². The van der Waals surface area contributed by atoms with E-state index in [9.17, 15) is 9.59 Å². The Hall–Kier alpha value is -3.68. The number of amides is 3. The van der Waals surface area contributed by atoms with Crippen LogP contribution in [0.1, 0.15) is 37.4 Å². The fourth-order valence-corrected chi connectivity index (χ4v) is 2.72. The molecule has 1 aromatic carbocycles. The number of nitrogens with zero attached hydrogens (tertiary/aromatic N) is 3. The maximum Gasteiger partial charge on any atom is 0.315 e. The zero-order valence-electron chi connectivity index (χ0n) is 16.4. The first-order chi connectivity index (χ1) is 14.0. The summed E-state index contributed by atoms with van der Waals surface area (Å²) in [6.45, 7) is 4.08. The third-order valence-corrected chi connectivity index (χ3v) is 4.37. The molecule has 2 aromatic heterocycles. The molecule has 8 heteroatoms. The topological polar surface area (TPSA) is 101 Å². The molecule has 8 nitrogen and oxygen atoms in total. The minimum absolute atomic E-state index is 0.0323. The quantitative estimate of drug-likeness (QED) is 0.575. The smallest absolute Gasteiger partial charge is 0.315 e. The molecule has 0 fully saturated rings. The lowest BCUT2D eigenvalue weighted by atomic mass is 10.1. The van der Waals surface area contributed by atoms with Crippen molar-refractivity contribution in [2.45, 2.75) is 32.9 Å². The Kier molecular flexibility index (Phi) is 6.57. The number of urea groups is 1. The van der Waals surface area contributed by atoms with Crippen molar-refractivity contribution in [3.05, 3.63) is 72.2 Å². The Morgan fingerprint density at radius 2 is 1.93 bits per heavy atom. The van der Waals surface area contributed by atoms with E-state index >= 15 is 0 Å². The van der Waals surface area contributed by atoms with E-state index in [1.807, 2.05) is 55.6 Å². The van der Waals surface area contributed by atoms with Gasteiger partial charge >= 0.3 is 6.03 Å². The largest absolute Gasteiger partial charge is 0.334 e. The maximum absolute atomic E-state index is 12.3. The van der Waals surface area contributed by atoms with Crippen LogP contribution in [0.4, 0.5) is 10.5 Å². The first kappa shape index (κ1) is 20.1. The third kappa shape index (κ3) is 5.65. The number of aromatic nitrogens is 3. The van der Waals surface area contributed by atoms with Gasteiger partial charge in [-0.25, -0.2) is 14.5 Å². The Bertz CT molecular complexity index is 954. The third-order valence-electron chi connectivity index (χ3n) is 4.37. The number of carbonyl (C=O) groups is 2. The molecule has 3 N–H and O–H groups in total. The normalized spacial score (nSPS) is 11.5. The molecule has 150 valence electrons. The van der Waals surface area contributed by atoms with Gasteiger partial charge in [-0.1, -0.05) is 19.1 Å². The van der Waals surface area contributed by atoms with Gasteiger partial charge in [0.25, 0.3) is 0 Å². The fraction of sp³-hybridized carbons (Fsp3) is 0.238. The van der Waals surface area contributed by atoms with Gasteiger partial charge in [0.15, 0.2) is 5.82 Å². The number of hydrogen-bond acceptors (Lipinski definition) is 4. The van der Waals surface area contributed by atoms with Crippen LogP contribution in [0.25, 0.3) is 5.82 Å². The first-order valence-corrected chi connectivity index (χ1v) is 9.44. The highest BCUT2D eigenvalue weighted by Gasteiger charge is 2.10. The lowest BCUT2D eigenvalue weighted by Gasteiger charge is -2.16. The summed E-state index contributed by atoms with van der Waals surface area (Å²) >= 11 is 0. The number of hydrogen-bond donors (Lipinski definition) is 3. The van der Waals surface area contributed by atoms with Gasteiger partial charge in [-0.15, -0.1) is 0 Å². The fourth-order valence-electron chi connectivity index (χ4n) is 2.72. The maximum atomic E-state index is 12.3. The molecule has 0 radical (unpaired) electrons. The van der Waals surface area contributed by atoms with Gasteiger partial charge in [-0.3, -0.25) is 4.79 Å². The van der Waals surface area contributed by atoms with E-state index in [4.69, 9.17) is 0 Å². The van der Waals surface area contributed by atoms with E-state index in [1.54, 1.807) is 24.0 Å². The average Bonchev–Trinajstić information content (AvgIpc) is 3.28. The predicted molar refractivity (Wildman–Crippen MR) is 111 cm³/mol. The van der Waals surface area contributed by atoms with Crippen LogP contribution < -0.4 is 16.0 Å². The highest BCUT2D eigenvalue weighted by atomic mass is 16.2. The molecule has 29 heavy (non-hydrogen) atoms. The van der Waals surface area contributed by atoms with Crippen LogP contribution in [-0.4, -0.2) is 26.7 Å². The van der Waals surface area contributed by atoms with Crippen LogP contribution in [-0.2, 0) is 11.3 Å². The monoisotopic (exact) mass is 392 g/mol. The van der Waals surface area contributed by atoms with Crippen LogP contribution in [0.5, 0.6) is 0 Å². The standard InChI is InChI=1S/C21H24N6O2/c1-3-20(28)26-18-7-5-17(6-8-18)15(2)25-21(29)23-14-16-9-11-22-19(13-16)27-12-4-10-24-27/h4-13,15H,3,14H2,1-2H3,(H,26,28)(H2,23,25,29). The van der Waals surface area contributed by atoms with Crippen molar-refractivity contribution in [2.24, 2.45) is 0 Å². The number of carbonyl (C=O) groups excluding carboxylic acids is 2. The Morgan fingerprint density at radius 3 is 2.62 bits per heavy atom. The molecule has 3 rings (SSSR count). The van der Waals surface area contributed by atoms with Crippen LogP contribution >= 0.6 is 0 Å². The molecule has 0 saturated heterocycles. The Labute approximate surface area is 169 Å². The molecule has 0 bridgehead atoms. The summed E-state index contributed by atoms with van der Waals surface area (Å²) in [5.74, 6) is 0.661. The summed E-state index contributed by atoms with van der Waals surface area (Å²) in [7, 11) is 0. The van der Waals surface area contributed by atoms with Crippen molar-refractivity contribution in [1.29, 1.82) is 0 Å². The van der Waals surface area contributed by atoms with E-state index in [0.29, 0.717) is 18.8 Å². The van der Waals surface area contributed by atoms with E-state index in [-0.39, 0.29) is 18.0 Å². The summed E-state index contributed by atoms with van der Waals surface area (Å²) < 4.78 is 1.66. The minimum atomic E-state index is -0.265. The Balaban J connectivity index is 1.51. The van der Waals surface area contributed by atoms with Gasteiger partial charge in [0, 0.05) is 37.2 Å². The van der Waals surface area contributed by atoms with Crippen LogP contribution in [0.3, 0.4) is 0 Å². The Morgan fingerprint density at radius 1 is 1.14 bits per heavy atom. The van der Waals surface area contributed by atoms with Gasteiger partial charge in [0.05, 0.1) is 6.04 Å². The second-order valence-corrected chi connectivity index (χ2v) is 6.55. The number of rotatable bonds is 7. The first-order valence-electron chi connectivity index (χ1n) is 9.44. The van der Waals surface area contributed by atoms with Gasteiger partial charge in [0.2, 0.25) is 5.91 Å². The van der Waals surface area contributed by atoms with Crippen molar-refractivity contribution in [2.75, 3.05) is 5.32 Å².